The van der Waals surface area contributed by atoms with Gasteiger partial charge in [-0.25, -0.2) is 9.48 Å². The van der Waals surface area contributed by atoms with Gasteiger partial charge in [-0.1, -0.05) is 19.1 Å². The molecule has 0 amide bonds. The average molecular weight is 300 g/mol. The Morgan fingerprint density at radius 2 is 2.00 bits per heavy atom. The standard InChI is InChI=1S/C14H22ClN3O2/c1-4-20-14(19)13-12(8-15)18(17-16-13)11-6-9(2)5-10(3)7-11/h9-11H,4-8H2,1-3H3. The lowest BCUT2D eigenvalue weighted by molar-refractivity contribution is 0.0518. The molecule has 1 aromatic heterocycles. The summed E-state index contributed by atoms with van der Waals surface area (Å²) in [6, 6.07) is 0.276. The fraction of sp³-hybridized carbons (Fsp3) is 0.786. The van der Waals surface area contributed by atoms with Crippen molar-refractivity contribution in [2.75, 3.05) is 6.61 Å². The maximum atomic E-state index is 11.9. The number of halogens is 1. The van der Waals surface area contributed by atoms with Crippen LogP contribution in [0.25, 0.3) is 0 Å². The van der Waals surface area contributed by atoms with Crippen molar-refractivity contribution < 1.29 is 9.53 Å². The van der Waals surface area contributed by atoms with Gasteiger partial charge in [0.05, 0.1) is 24.2 Å². The number of aromatic nitrogens is 3. The Hall–Kier alpha value is -1.10. The monoisotopic (exact) mass is 299 g/mol. The summed E-state index contributed by atoms with van der Waals surface area (Å²) in [6.07, 6.45) is 3.35. The van der Waals surface area contributed by atoms with E-state index in [1.54, 1.807) is 6.92 Å². The highest BCUT2D eigenvalue weighted by Gasteiger charge is 2.30. The lowest BCUT2D eigenvalue weighted by Crippen LogP contribution is -2.24. The highest BCUT2D eigenvalue weighted by Crippen LogP contribution is 2.36. The van der Waals surface area contributed by atoms with E-state index in [-0.39, 0.29) is 17.6 Å². The van der Waals surface area contributed by atoms with Crippen molar-refractivity contribution >= 4 is 17.6 Å². The molecule has 1 aromatic rings. The van der Waals surface area contributed by atoms with Crippen molar-refractivity contribution in [1.29, 1.82) is 0 Å². The Morgan fingerprint density at radius 3 is 2.55 bits per heavy atom. The van der Waals surface area contributed by atoms with Crippen LogP contribution in [-0.4, -0.2) is 27.6 Å². The van der Waals surface area contributed by atoms with Crippen LogP contribution in [-0.2, 0) is 10.6 Å². The van der Waals surface area contributed by atoms with Crippen LogP contribution in [0.1, 0.15) is 62.3 Å². The van der Waals surface area contributed by atoms with E-state index < -0.39 is 5.97 Å². The van der Waals surface area contributed by atoms with Crippen LogP contribution in [0.5, 0.6) is 0 Å². The molecule has 0 saturated heterocycles. The second-order valence-electron chi connectivity index (χ2n) is 5.75. The van der Waals surface area contributed by atoms with Crippen LogP contribution < -0.4 is 0 Å². The van der Waals surface area contributed by atoms with Crippen molar-refractivity contribution in [1.82, 2.24) is 15.0 Å². The molecular weight excluding hydrogens is 278 g/mol. The minimum absolute atomic E-state index is 0.223. The largest absolute Gasteiger partial charge is 0.461 e. The molecule has 0 radical (unpaired) electrons. The van der Waals surface area contributed by atoms with Gasteiger partial charge in [0.1, 0.15) is 0 Å². The molecule has 2 rings (SSSR count). The number of nitrogens with zero attached hydrogens (tertiary/aromatic N) is 3. The zero-order valence-electron chi connectivity index (χ0n) is 12.3. The average Bonchev–Trinajstić information content (AvgIpc) is 2.81. The SMILES string of the molecule is CCOC(=O)c1nnn(C2CC(C)CC(C)C2)c1CCl. The van der Waals surface area contributed by atoms with Gasteiger partial charge in [-0.2, -0.15) is 0 Å². The summed E-state index contributed by atoms with van der Waals surface area (Å²) < 4.78 is 6.84. The molecule has 112 valence electrons. The predicted octanol–water partition coefficient (Wildman–Crippen LogP) is 3.19. The lowest BCUT2D eigenvalue weighted by atomic mass is 9.80. The van der Waals surface area contributed by atoms with E-state index in [1.165, 1.54) is 6.42 Å². The molecule has 1 heterocycles. The Balaban J connectivity index is 2.26. The molecule has 1 aliphatic rings. The van der Waals surface area contributed by atoms with E-state index in [4.69, 9.17) is 16.3 Å². The third-order valence-electron chi connectivity index (χ3n) is 3.89. The summed E-state index contributed by atoms with van der Waals surface area (Å²) >= 11 is 6.01. The van der Waals surface area contributed by atoms with Gasteiger partial charge in [0.15, 0.2) is 5.69 Å². The third kappa shape index (κ3) is 3.14. The Morgan fingerprint density at radius 1 is 1.35 bits per heavy atom. The van der Waals surface area contributed by atoms with Gasteiger partial charge in [0.25, 0.3) is 0 Å². The molecule has 20 heavy (non-hydrogen) atoms. The number of ether oxygens (including phenoxy) is 1. The van der Waals surface area contributed by atoms with Crippen LogP contribution in [0.3, 0.4) is 0 Å². The number of carbonyl (C=O) groups excluding carboxylic acids is 1. The quantitative estimate of drug-likeness (QED) is 0.633. The number of esters is 1. The minimum Gasteiger partial charge on any atom is -0.461 e. The van der Waals surface area contributed by atoms with E-state index in [9.17, 15) is 4.79 Å². The second-order valence-corrected chi connectivity index (χ2v) is 6.02. The number of rotatable bonds is 4. The number of hydrogen-bond acceptors (Lipinski definition) is 4. The van der Waals surface area contributed by atoms with E-state index in [0.29, 0.717) is 24.1 Å². The van der Waals surface area contributed by atoms with E-state index >= 15 is 0 Å². The molecule has 0 aromatic carbocycles. The first kappa shape index (κ1) is 15.3. The zero-order chi connectivity index (χ0) is 14.7. The van der Waals surface area contributed by atoms with Gasteiger partial charge in [-0.3, -0.25) is 0 Å². The van der Waals surface area contributed by atoms with Gasteiger partial charge in [-0.15, -0.1) is 16.7 Å². The molecule has 0 spiro atoms. The molecule has 6 heteroatoms. The Kier molecular flexibility index (Phi) is 5.02. The second kappa shape index (κ2) is 6.57. The fourth-order valence-corrected chi connectivity index (χ4v) is 3.44. The first-order chi connectivity index (χ1) is 9.56. The molecule has 5 nitrogen and oxygen atoms in total. The van der Waals surface area contributed by atoms with Gasteiger partial charge in [-0.05, 0) is 38.0 Å². The predicted molar refractivity (Wildman–Crippen MR) is 76.8 cm³/mol. The van der Waals surface area contributed by atoms with Crippen LogP contribution in [0, 0.1) is 11.8 Å². The van der Waals surface area contributed by atoms with Crippen molar-refractivity contribution in [3.05, 3.63) is 11.4 Å². The lowest BCUT2D eigenvalue weighted by Gasteiger charge is -2.31. The zero-order valence-corrected chi connectivity index (χ0v) is 13.1. The molecule has 0 aliphatic heterocycles. The van der Waals surface area contributed by atoms with E-state index in [1.807, 2.05) is 4.68 Å². The maximum Gasteiger partial charge on any atom is 0.360 e. The highest BCUT2D eigenvalue weighted by molar-refractivity contribution is 6.17. The van der Waals surface area contributed by atoms with Crippen LogP contribution in [0.4, 0.5) is 0 Å². The number of carbonyl (C=O) groups is 1. The molecule has 0 N–H and O–H groups in total. The summed E-state index contributed by atoms with van der Waals surface area (Å²) in [7, 11) is 0. The van der Waals surface area contributed by atoms with Crippen molar-refractivity contribution in [3.8, 4) is 0 Å². The van der Waals surface area contributed by atoms with Gasteiger partial charge >= 0.3 is 5.97 Å². The maximum absolute atomic E-state index is 11.9. The normalized spacial score (nSPS) is 26.5. The van der Waals surface area contributed by atoms with E-state index in [2.05, 4.69) is 24.2 Å². The molecule has 1 aliphatic carbocycles. The highest BCUT2D eigenvalue weighted by atomic mass is 35.5. The van der Waals surface area contributed by atoms with Crippen molar-refractivity contribution in [2.45, 2.75) is 52.0 Å². The summed E-state index contributed by atoms with van der Waals surface area (Å²) in [5.74, 6) is 1.09. The summed E-state index contributed by atoms with van der Waals surface area (Å²) in [6.45, 7) is 6.61. The Labute approximate surface area is 124 Å². The van der Waals surface area contributed by atoms with Crippen molar-refractivity contribution in [2.24, 2.45) is 11.8 Å². The molecule has 0 bridgehead atoms. The van der Waals surface area contributed by atoms with Crippen LogP contribution >= 0.6 is 11.6 Å². The summed E-state index contributed by atoms with van der Waals surface area (Å²) in [5, 5.41) is 8.15. The first-order valence-corrected chi connectivity index (χ1v) is 7.77. The third-order valence-corrected chi connectivity index (χ3v) is 4.14. The molecule has 1 saturated carbocycles. The van der Waals surface area contributed by atoms with Gasteiger partial charge in [0.2, 0.25) is 0 Å². The van der Waals surface area contributed by atoms with Crippen LogP contribution in [0.15, 0.2) is 0 Å². The Bertz CT molecular complexity index is 465. The van der Waals surface area contributed by atoms with Crippen molar-refractivity contribution in [3.63, 3.8) is 0 Å². The molecule has 1 fully saturated rings. The van der Waals surface area contributed by atoms with Crippen LogP contribution in [0.2, 0.25) is 0 Å². The fourth-order valence-electron chi connectivity index (χ4n) is 3.19. The first-order valence-electron chi connectivity index (χ1n) is 7.23. The van der Waals surface area contributed by atoms with Gasteiger partial charge in [0, 0.05) is 0 Å². The summed E-state index contributed by atoms with van der Waals surface area (Å²) in [5.41, 5.74) is 0.934. The smallest absolute Gasteiger partial charge is 0.360 e. The van der Waals surface area contributed by atoms with Gasteiger partial charge < -0.3 is 4.74 Å². The van der Waals surface area contributed by atoms with E-state index in [0.717, 1.165) is 12.8 Å². The summed E-state index contributed by atoms with van der Waals surface area (Å²) in [4.78, 5) is 11.9. The molecule has 2 unspecified atom stereocenters. The number of hydrogen-bond donors (Lipinski definition) is 0. The molecule has 2 atom stereocenters. The number of alkyl halides is 1. The minimum atomic E-state index is -0.439. The molecular formula is C14H22ClN3O2. The topological polar surface area (TPSA) is 57.0 Å².